The average molecular weight is 395 g/mol. The number of hydrogen-bond acceptors (Lipinski definition) is 5. The van der Waals surface area contributed by atoms with Crippen LogP contribution in [0.4, 0.5) is 5.69 Å². The number of ether oxygens (including phenoxy) is 1. The third-order valence-corrected chi connectivity index (χ3v) is 7.19. The Kier molecular flexibility index (Phi) is 4.26. The lowest BCUT2D eigenvalue weighted by molar-refractivity contribution is -0.384. The fourth-order valence-electron chi connectivity index (χ4n) is 6.48. The first-order valence-electron chi connectivity index (χ1n) is 10.5. The largest absolute Gasteiger partial charge is 0.460 e. The Bertz CT molecular complexity index is 940. The Hall–Kier alpha value is -2.63. The molecular weight excluding hydrogens is 370 g/mol. The van der Waals surface area contributed by atoms with Gasteiger partial charge in [-0.05, 0) is 92.4 Å². The van der Waals surface area contributed by atoms with E-state index in [1.807, 2.05) is 6.07 Å². The van der Waals surface area contributed by atoms with Crippen LogP contribution in [-0.4, -0.2) is 17.5 Å². The Morgan fingerprint density at radius 3 is 2.38 bits per heavy atom. The molecule has 6 heteroatoms. The topological polar surface area (TPSA) is 82.6 Å². The fraction of sp³-hybridized carbons (Fsp3) is 0.522. The lowest BCUT2D eigenvalue weighted by Crippen LogP contribution is -2.48. The maximum Gasteiger partial charge on any atom is 0.374 e. The number of nitrogens with zero attached hydrogens (tertiary/aromatic N) is 1. The molecule has 0 N–H and O–H groups in total. The van der Waals surface area contributed by atoms with Crippen LogP contribution in [0.3, 0.4) is 0 Å². The van der Waals surface area contributed by atoms with E-state index in [1.54, 1.807) is 25.1 Å². The van der Waals surface area contributed by atoms with Gasteiger partial charge in [0.2, 0.25) is 5.76 Å². The number of carbonyl (C=O) groups excluding carboxylic acids is 1. The minimum Gasteiger partial charge on any atom is -0.460 e. The van der Waals surface area contributed by atoms with Gasteiger partial charge in [-0.15, -0.1) is 0 Å². The van der Waals surface area contributed by atoms with Crippen molar-refractivity contribution < 1.29 is 18.9 Å². The van der Waals surface area contributed by atoms with Gasteiger partial charge < -0.3 is 9.15 Å². The lowest BCUT2D eigenvalue weighted by atomic mass is 9.48. The van der Waals surface area contributed by atoms with E-state index < -0.39 is 5.97 Å². The van der Waals surface area contributed by atoms with Gasteiger partial charge in [-0.2, -0.15) is 0 Å². The highest BCUT2D eigenvalue weighted by atomic mass is 16.6. The molecule has 6 rings (SSSR count). The number of nitro groups is 1. The van der Waals surface area contributed by atoms with E-state index in [9.17, 15) is 14.9 Å². The quantitative estimate of drug-likeness (QED) is 0.379. The molecule has 1 heterocycles. The first kappa shape index (κ1) is 18.4. The van der Waals surface area contributed by atoms with Gasteiger partial charge in [0.15, 0.2) is 0 Å². The second-order valence-corrected chi connectivity index (χ2v) is 9.07. The Morgan fingerprint density at radius 2 is 1.79 bits per heavy atom. The maximum absolute atomic E-state index is 11.9. The van der Waals surface area contributed by atoms with E-state index in [0.717, 1.165) is 42.6 Å². The van der Waals surface area contributed by atoms with Crippen molar-refractivity contribution in [2.45, 2.75) is 50.9 Å². The molecule has 29 heavy (non-hydrogen) atoms. The van der Waals surface area contributed by atoms with Gasteiger partial charge >= 0.3 is 5.97 Å². The highest BCUT2D eigenvalue weighted by molar-refractivity contribution is 5.87. The van der Waals surface area contributed by atoms with Gasteiger partial charge in [-0.1, -0.05) is 6.07 Å². The highest BCUT2D eigenvalue weighted by Crippen LogP contribution is 2.61. The number of rotatable bonds is 5. The molecule has 0 atom stereocenters. The summed E-state index contributed by atoms with van der Waals surface area (Å²) in [4.78, 5) is 23.4. The van der Waals surface area contributed by atoms with E-state index in [2.05, 4.69) is 0 Å². The molecule has 1 aromatic heterocycles. The van der Waals surface area contributed by atoms with Crippen molar-refractivity contribution >= 4 is 11.7 Å². The number of benzene rings is 1. The van der Waals surface area contributed by atoms with Gasteiger partial charge in [-0.25, -0.2) is 4.79 Å². The van der Waals surface area contributed by atoms with Crippen molar-refractivity contribution in [2.75, 3.05) is 6.61 Å². The van der Waals surface area contributed by atoms with Crippen molar-refractivity contribution in [1.82, 2.24) is 0 Å². The van der Waals surface area contributed by atoms with Gasteiger partial charge in [0.05, 0.1) is 17.1 Å². The van der Waals surface area contributed by atoms with Gasteiger partial charge in [0, 0.05) is 6.07 Å². The smallest absolute Gasteiger partial charge is 0.374 e. The van der Waals surface area contributed by atoms with Crippen LogP contribution >= 0.6 is 0 Å². The molecule has 0 saturated heterocycles. The Balaban J connectivity index is 1.51. The Labute approximate surface area is 169 Å². The summed E-state index contributed by atoms with van der Waals surface area (Å²) < 4.78 is 10.5. The monoisotopic (exact) mass is 395 g/mol. The minimum absolute atomic E-state index is 0.0444. The number of esters is 1. The molecule has 4 bridgehead atoms. The molecule has 4 aliphatic carbocycles. The lowest BCUT2D eigenvalue weighted by Gasteiger charge is -2.57. The molecule has 0 spiro atoms. The van der Waals surface area contributed by atoms with Crippen LogP contribution in [0.1, 0.15) is 61.6 Å². The maximum atomic E-state index is 11.9. The number of furan rings is 1. The van der Waals surface area contributed by atoms with Crippen LogP contribution in [0.5, 0.6) is 0 Å². The molecular formula is C23H25NO5. The summed E-state index contributed by atoms with van der Waals surface area (Å²) in [5, 5.41) is 11.9. The molecule has 0 aliphatic heterocycles. The predicted octanol–water partition coefficient (Wildman–Crippen LogP) is 5.50. The molecule has 4 saturated carbocycles. The summed E-state index contributed by atoms with van der Waals surface area (Å²) in [7, 11) is 0. The zero-order valence-corrected chi connectivity index (χ0v) is 16.6. The second kappa shape index (κ2) is 6.71. The van der Waals surface area contributed by atoms with Crippen LogP contribution in [0.25, 0.3) is 11.3 Å². The average Bonchev–Trinajstić information content (AvgIpc) is 3.17. The number of nitro benzene ring substituents is 1. The molecule has 2 aromatic rings. The zero-order valence-electron chi connectivity index (χ0n) is 16.6. The summed E-state index contributed by atoms with van der Waals surface area (Å²) in [6, 6.07) is 8.69. The number of hydrogen-bond donors (Lipinski definition) is 0. The SMILES string of the molecule is CCOC(=O)c1ccc(-c2ccc(C34CC5CC(CC(C5)C3)C4)cc2[N+](=O)[O-])o1. The van der Waals surface area contributed by atoms with Gasteiger partial charge in [0.25, 0.3) is 5.69 Å². The van der Waals surface area contributed by atoms with Crippen molar-refractivity contribution in [2.24, 2.45) is 17.8 Å². The summed E-state index contributed by atoms with van der Waals surface area (Å²) >= 11 is 0. The predicted molar refractivity (Wildman–Crippen MR) is 107 cm³/mol. The first-order valence-corrected chi connectivity index (χ1v) is 10.5. The molecule has 0 amide bonds. The molecule has 6 nitrogen and oxygen atoms in total. The second-order valence-electron chi connectivity index (χ2n) is 9.07. The molecule has 0 unspecified atom stereocenters. The highest BCUT2D eigenvalue weighted by Gasteiger charge is 2.51. The van der Waals surface area contributed by atoms with E-state index in [4.69, 9.17) is 9.15 Å². The third-order valence-electron chi connectivity index (χ3n) is 7.19. The first-order chi connectivity index (χ1) is 14.0. The van der Waals surface area contributed by atoms with Crippen molar-refractivity contribution in [3.8, 4) is 11.3 Å². The van der Waals surface area contributed by atoms with E-state index in [1.165, 1.54) is 25.3 Å². The van der Waals surface area contributed by atoms with Crippen molar-refractivity contribution in [1.29, 1.82) is 0 Å². The van der Waals surface area contributed by atoms with E-state index in [-0.39, 0.29) is 28.4 Å². The third kappa shape index (κ3) is 3.05. The standard InChI is InChI=1S/C23H25NO5/c1-2-28-22(25)21-6-5-20(29-21)18-4-3-17(10-19(18)24(26)27)23-11-14-7-15(12-23)9-16(8-14)13-23/h3-6,10,14-16H,2,7-9,11-13H2,1H3. The summed E-state index contributed by atoms with van der Waals surface area (Å²) in [6.07, 6.45) is 7.48. The Morgan fingerprint density at radius 1 is 1.14 bits per heavy atom. The van der Waals surface area contributed by atoms with Crippen LogP contribution < -0.4 is 0 Å². The minimum atomic E-state index is -0.563. The van der Waals surface area contributed by atoms with Crippen LogP contribution in [0, 0.1) is 27.9 Å². The molecule has 0 radical (unpaired) electrons. The van der Waals surface area contributed by atoms with Crippen LogP contribution in [0.2, 0.25) is 0 Å². The van der Waals surface area contributed by atoms with Gasteiger partial charge in [-0.3, -0.25) is 10.1 Å². The van der Waals surface area contributed by atoms with Crippen LogP contribution in [0.15, 0.2) is 34.7 Å². The molecule has 152 valence electrons. The van der Waals surface area contributed by atoms with E-state index >= 15 is 0 Å². The van der Waals surface area contributed by atoms with Crippen molar-refractivity contribution in [3.63, 3.8) is 0 Å². The van der Waals surface area contributed by atoms with Crippen LogP contribution in [-0.2, 0) is 10.2 Å². The zero-order chi connectivity index (χ0) is 20.2. The summed E-state index contributed by atoms with van der Waals surface area (Å²) in [5.41, 5.74) is 1.64. The van der Waals surface area contributed by atoms with Gasteiger partial charge in [0.1, 0.15) is 5.76 Å². The molecule has 1 aromatic carbocycles. The fourth-order valence-corrected chi connectivity index (χ4v) is 6.48. The number of carbonyl (C=O) groups is 1. The van der Waals surface area contributed by atoms with E-state index in [0.29, 0.717) is 11.3 Å². The summed E-state index contributed by atoms with van der Waals surface area (Å²) in [5.74, 6) is 2.14. The summed E-state index contributed by atoms with van der Waals surface area (Å²) in [6.45, 7) is 1.96. The molecule has 4 fully saturated rings. The van der Waals surface area contributed by atoms with Crippen molar-refractivity contribution in [3.05, 3.63) is 51.8 Å². The normalized spacial score (nSPS) is 29.8. The molecule has 4 aliphatic rings.